The van der Waals surface area contributed by atoms with Gasteiger partial charge in [0.2, 0.25) is 5.91 Å². The van der Waals surface area contributed by atoms with Crippen LogP contribution in [0.25, 0.3) is 10.9 Å². The molecule has 1 fully saturated rings. The molecule has 3 rings (SSSR count). The van der Waals surface area contributed by atoms with Gasteiger partial charge in [0, 0.05) is 29.6 Å². The van der Waals surface area contributed by atoms with Crippen molar-refractivity contribution >= 4 is 16.8 Å². The number of nitrogens with one attached hydrogen (secondary N) is 2. The molecule has 5 nitrogen and oxygen atoms in total. The predicted molar refractivity (Wildman–Crippen MR) is 94.1 cm³/mol. The van der Waals surface area contributed by atoms with Crippen LogP contribution in [0.5, 0.6) is 5.75 Å². The van der Waals surface area contributed by atoms with E-state index in [0.29, 0.717) is 19.6 Å². The summed E-state index contributed by atoms with van der Waals surface area (Å²) in [4.78, 5) is 15.5. The van der Waals surface area contributed by atoms with E-state index < -0.39 is 0 Å². The number of rotatable bonds is 6. The minimum absolute atomic E-state index is 0.0139. The van der Waals surface area contributed by atoms with Crippen molar-refractivity contribution in [2.45, 2.75) is 45.1 Å². The Morgan fingerprint density at radius 3 is 3.00 bits per heavy atom. The molecule has 1 aliphatic rings. The van der Waals surface area contributed by atoms with Crippen LogP contribution in [0.3, 0.4) is 0 Å². The predicted octanol–water partition coefficient (Wildman–Crippen LogP) is 2.78. The van der Waals surface area contributed by atoms with Crippen LogP contribution in [0, 0.1) is 5.92 Å². The van der Waals surface area contributed by atoms with E-state index in [4.69, 9.17) is 4.74 Å². The lowest BCUT2D eigenvalue weighted by atomic mass is 9.86. The van der Waals surface area contributed by atoms with Gasteiger partial charge in [0.05, 0.1) is 19.1 Å². The molecule has 0 spiro atoms. The summed E-state index contributed by atoms with van der Waals surface area (Å²) in [5.41, 5.74) is 1.92. The zero-order valence-corrected chi connectivity index (χ0v) is 14.2. The number of H-pyrrole nitrogens is 1. The summed E-state index contributed by atoms with van der Waals surface area (Å²) < 4.78 is 5.68. The zero-order chi connectivity index (χ0) is 16.9. The van der Waals surface area contributed by atoms with Crippen molar-refractivity contribution in [2.24, 2.45) is 5.92 Å². The topological polar surface area (TPSA) is 74.4 Å². The first-order valence-corrected chi connectivity index (χ1v) is 8.85. The Balaban J connectivity index is 1.65. The van der Waals surface area contributed by atoms with E-state index in [1.807, 2.05) is 31.3 Å². The Labute approximate surface area is 142 Å². The Bertz CT molecular complexity index is 695. The van der Waals surface area contributed by atoms with Gasteiger partial charge in [0.1, 0.15) is 5.75 Å². The minimum Gasteiger partial charge on any atom is -0.493 e. The van der Waals surface area contributed by atoms with Crippen molar-refractivity contribution in [3.05, 3.63) is 30.0 Å². The van der Waals surface area contributed by atoms with Gasteiger partial charge in [0.25, 0.3) is 0 Å². The molecule has 0 radical (unpaired) electrons. The van der Waals surface area contributed by atoms with Gasteiger partial charge in [-0.3, -0.25) is 4.79 Å². The summed E-state index contributed by atoms with van der Waals surface area (Å²) >= 11 is 0. The average molecular weight is 330 g/mol. The van der Waals surface area contributed by atoms with Crippen LogP contribution in [0.4, 0.5) is 0 Å². The second-order valence-electron chi connectivity index (χ2n) is 6.52. The van der Waals surface area contributed by atoms with Crippen molar-refractivity contribution in [3.63, 3.8) is 0 Å². The quantitative estimate of drug-likeness (QED) is 0.762. The average Bonchev–Trinajstić information content (AvgIpc) is 2.98. The maximum atomic E-state index is 12.3. The third-order valence-electron chi connectivity index (χ3n) is 4.83. The van der Waals surface area contributed by atoms with Crippen LogP contribution in [-0.4, -0.2) is 35.3 Å². The van der Waals surface area contributed by atoms with E-state index in [1.165, 1.54) is 0 Å². The van der Waals surface area contributed by atoms with Crippen LogP contribution >= 0.6 is 0 Å². The number of aromatic nitrogens is 1. The van der Waals surface area contributed by atoms with Gasteiger partial charge in [-0.05, 0) is 37.5 Å². The fraction of sp³-hybridized carbons (Fsp3) is 0.526. The normalized spacial score (nSPS) is 20.9. The molecule has 1 aliphatic carbocycles. The number of amides is 1. The summed E-state index contributed by atoms with van der Waals surface area (Å²) in [6.45, 7) is 3.10. The molecular formula is C19H26N2O3. The van der Waals surface area contributed by atoms with Crippen LogP contribution in [0.1, 0.15) is 38.2 Å². The zero-order valence-electron chi connectivity index (χ0n) is 14.2. The number of hydrogen-bond donors (Lipinski definition) is 3. The molecule has 1 heterocycles. The van der Waals surface area contributed by atoms with E-state index in [-0.39, 0.29) is 17.9 Å². The molecule has 2 aromatic rings. The van der Waals surface area contributed by atoms with Gasteiger partial charge >= 0.3 is 0 Å². The molecule has 2 atom stereocenters. The smallest absolute Gasteiger partial charge is 0.224 e. The summed E-state index contributed by atoms with van der Waals surface area (Å²) in [6, 6.07) is 5.86. The molecule has 0 aliphatic heterocycles. The Morgan fingerprint density at radius 2 is 2.21 bits per heavy atom. The molecular weight excluding hydrogens is 304 g/mol. The molecule has 3 N–H and O–H groups in total. The molecule has 1 aromatic heterocycles. The fourth-order valence-corrected chi connectivity index (χ4v) is 3.54. The summed E-state index contributed by atoms with van der Waals surface area (Å²) in [6.07, 6.45) is 5.97. The third kappa shape index (κ3) is 3.73. The Hall–Kier alpha value is -2.01. The highest BCUT2D eigenvalue weighted by Crippen LogP contribution is 2.29. The summed E-state index contributed by atoms with van der Waals surface area (Å²) in [5, 5.41) is 14.0. The number of fused-ring (bicyclic) bond motifs is 1. The highest BCUT2D eigenvalue weighted by molar-refractivity contribution is 5.93. The van der Waals surface area contributed by atoms with Crippen molar-refractivity contribution in [3.8, 4) is 5.75 Å². The molecule has 130 valence electrons. The van der Waals surface area contributed by atoms with E-state index >= 15 is 0 Å². The minimum atomic E-state index is -0.281. The lowest BCUT2D eigenvalue weighted by Gasteiger charge is -2.27. The summed E-state index contributed by atoms with van der Waals surface area (Å²) in [5.74, 6) is 0.978. The van der Waals surface area contributed by atoms with Gasteiger partial charge in [-0.2, -0.15) is 0 Å². The SMILES string of the molecule is CCOc1cccc2[nH]cc(CC(=O)NC[C@H]3CCCC[C@@H]3O)c12. The van der Waals surface area contributed by atoms with Crippen LogP contribution in [-0.2, 0) is 11.2 Å². The van der Waals surface area contributed by atoms with Gasteiger partial charge in [-0.1, -0.05) is 18.9 Å². The molecule has 0 unspecified atom stereocenters. The van der Waals surface area contributed by atoms with Crippen LogP contribution < -0.4 is 10.1 Å². The van der Waals surface area contributed by atoms with Crippen molar-refractivity contribution < 1.29 is 14.6 Å². The maximum absolute atomic E-state index is 12.3. The first-order chi connectivity index (χ1) is 11.7. The third-order valence-corrected chi connectivity index (χ3v) is 4.83. The largest absolute Gasteiger partial charge is 0.493 e. The van der Waals surface area contributed by atoms with Gasteiger partial charge in [-0.15, -0.1) is 0 Å². The number of carbonyl (C=O) groups is 1. The Morgan fingerprint density at radius 1 is 1.38 bits per heavy atom. The fourth-order valence-electron chi connectivity index (χ4n) is 3.54. The number of hydrogen-bond acceptors (Lipinski definition) is 3. The van der Waals surface area contributed by atoms with E-state index in [2.05, 4.69) is 10.3 Å². The lowest BCUT2D eigenvalue weighted by Crippen LogP contribution is -2.37. The second-order valence-corrected chi connectivity index (χ2v) is 6.52. The highest BCUT2D eigenvalue weighted by Gasteiger charge is 2.23. The molecule has 5 heteroatoms. The molecule has 24 heavy (non-hydrogen) atoms. The molecule has 0 bridgehead atoms. The van der Waals surface area contributed by atoms with Gasteiger partial charge in [0.15, 0.2) is 0 Å². The number of aliphatic hydroxyl groups is 1. The maximum Gasteiger partial charge on any atom is 0.224 e. The van der Waals surface area contributed by atoms with Crippen molar-refractivity contribution in [1.82, 2.24) is 10.3 Å². The van der Waals surface area contributed by atoms with Crippen LogP contribution in [0.15, 0.2) is 24.4 Å². The van der Waals surface area contributed by atoms with E-state index in [0.717, 1.165) is 47.9 Å². The number of ether oxygens (including phenoxy) is 1. The molecule has 1 aromatic carbocycles. The van der Waals surface area contributed by atoms with Crippen molar-refractivity contribution in [1.29, 1.82) is 0 Å². The van der Waals surface area contributed by atoms with Crippen LogP contribution in [0.2, 0.25) is 0 Å². The van der Waals surface area contributed by atoms with E-state index in [9.17, 15) is 9.90 Å². The number of benzene rings is 1. The van der Waals surface area contributed by atoms with Gasteiger partial charge in [-0.25, -0.2) is 0 Å². The second kappa shape index (κ2) is 7.71. The first kappa shape index (κ1) is 16.8. The number of carbonyl (C=O) groups excluding carboxylic acids is 1. The standard InChI is InChI=1S/C19H26N2O3/c1-2-24-17-9-5-7-15-19(17)14(12-20-15)10-18(23)21-11-13-6-3-4-8-16(13)22/h5,7,9,12-13,16,20,22H,2-4,6,8,10-11H2,1H3,(H,21,23)/t13-,16+/m1/s1. The first-order valence-electron chi connectivity index (χ1n) is 8.85. The molecule has 1 saturated carbocycles. The Kier molecular flexibility index (Phi) is 5.41. The van der Waals surface area contributed by atoms with E-state index in [1.54, 1.807) is 0 Å². The molecule has 0 saturated heterocycles. The lowest BCUT2D eigenvalue weighted by molar-refractivity contribution is -0.120. The number of aliphatic hydroxyl groups excluding tert-OH is 1. The molecule has 1 amide bonds. The summed E-state index contributed by atoms with van der Waals surface area (Å²) in [7, 11) is 0. The van der Waals surface area contributed by atoms with Crippen molar-refractivity contribution in [2.75, 3.05) is 13.2 Å². The van der Waals surface area contributed by atoms with Gasteiger partial charge < -0.3 is 20.1 Å². The monoisotopic (exact) mass is 330 g/mol. The number of aromatic amines is 1. The highest BCUT2D eigenvalue weighted by atomic mass is 16.5.